The van der Waals surface area contributed by atoms with Crippen LogP contribution in [0.25, 0.3) is 66.1 Å². The number of nitrogens with zero attached hydrogens (tertiary/aromatic N) is 3. The molecule has 316 valence electrons. The molecule has 0 N–H and O–H groups in total. The van der Waals surface area contributed by atoms with E-state index in [4.69, 9.17) is 0 Å². The number of hydrogen-bond acceptors (Lipinski definition) is 1. The zero-order valence-corrected chi connectivity index (χ0v) is 37.4. The summed E-state index contributed by atoms with van der Waals surface area (Å²) in [4.78, 5) is 2.46. The van der Waals surface area contributed by atoms with E-state index in [1.165, 1.54) is 93.8 Å². The molecule has 3 nitrogen and oxygen atoms in total. The van der Waals surface area contributed by atoms with Gasteiger partial charge in [-0.25, -0.2) is 0 Å². The summed E-state index contributed by atoms with van der Waals surface area (Å²) >= 11 is 0. The molecule has 2 aromatic heterocycles. The largest absolute Gasteiger partial charge is 0.310 e. The molecule has 3 heteroatoms. The van der Waals surface area contributed by atoms with Gasteiger partial charge < -0.3 is 14.0 Å². The molecule has 0 fully saturated rings. The van der Waals surface area contributed by atoms with Gasteiger partial charge >= 0.3 is 0 Å². The summed E-state index contributed by atoms with van der Waals surface area (Å²) in [6, 6.07) is 88.1. The highest BCUT2D eigenvalue weighted by molar-refractivity contribution is 6.13. The molecule has 1 aliphatic heterocycles. The molecule has 1 spiro atoms. The smallest absolute Gasteiger partial charge is 0.0748 e. The lowest BCUT2D eigenvalue weighted by Gasteiger charge is -2.50. The summed E-state index contributed by atoms with van der Waals surface area (Å²) in [5.74, 6) is 0. The van der Waals surface area contributed by atoms with Crippen LogP contribution in [0.2, 0.25) is 0 Å². The predicted octanol–water partition coefficient (Wildman–Crippen LogP) is 16.4. The van der Waals surface area contributed by atoms with E-state index in [2.05, 4.69) is 264 Å². The number of fused-ring (bicyclic) bond motifs is 14. The van der Waals surface area contributed by atoms with Crippen LogP contribution in [-0.4, -0.2) is 9.13 Å². The van der Waals surface area contributed by atoms with Crippen molar-refractivity contribution in [3.05, 3.63) is 270 Å². The Bertz CT molecular complexity index is 3950. The zero-order chi connectivity index (χ0) is 44.4. The molecular formula is C64H45N3. The first-order valence-electron chi connectivity index (χ1n) is 23.4. The number of benzene rings is 10. The van der Waals surface area contributed by atoms with Crippen molar-refractivity contribution in [1.29, 1.82) is 0 Å². The van der Waals surface area contributed by atoms with E-state index in [0.29, 0.717) is 0 Å². The second kappa shape index (κ2) is 14.1. The molecule has 0 saturated heterocycles. The summed E-state index contributed by atoms with van der Waals surface area (Å²) < 4.78 is 4.96. The average Bonchev–Trinajstić information content (AvgIpc) is 3.91. The molecule has 12 aromatic rings. The molecule has 1 aliphatic carbocycles. The van der Waals surface area contributed by atoms with Crippen molar-refractivity contribution in [1.82, 2.24) is 9.13 Å². The van der Waals surface area contributed by atoms with Gasteiger partial charge in [-0.1, -0.05) is 184 Å². The molecule has 1 unspecified atom stereocenters. The molecular weight excluding hydrogens is 811 g/mol. The van der Waals surface area contributed by atoms with Gasteiger partial charge in [-0.15, -0.1) is 0 Å². The number of rotatable bonds is 5. The summed E-state index contributed by atoms with van der Waals surface area (Å²) in [6.45, 7) is 4.85. The lowest BCUT2D eigenvalue weighted by Crippen LogP contribution is -2.44. The third-order valence-corrected chi connectivity index (χ3v) is 15.2. The van der Waals surface area contributed by atoms with E-state index >= 15 is 0 Å². The van der Waals surface area contributed by atoms with E-state index in [1.807, 2.05) is 0 Å². The Kier molecular flexibility index (Phi) is 7.95. The van der Waals surface area contributed by atoms with Gasteiger partial charge in [-0.2, -0.15) is 0 Å². The van der Waals surface area contributed by atoms with Crippen LogP contribution in [0.3, 0.4) is 0 Å². The molecule has 67 heavy (non-hydrogen) atoms. The molecule has 2 aliphatic rings. The van der Waals surface area contributed by atoms with Gasteiger partial charge in [0.25, 0.3) is 0 Å². The lowest BCUT2D eigenvalue weighted by atomic mass is 9.53. The topological polar surface area (TPSA) is 13.1 Å². The van der Waals surface area contributed by atoms with Crippen molar-refractivity contribution in [2.45, 2.75) is 24.7 Å². The summed E-state index contributed by atoms with van der Waals surface area (Å²) in [5.41, 5.74) is 20.1. The van der Waals surface area contributed by atoms with Crippen LogP contribution in [0.15, 0.2) is 237 Å². The molecule has 3 heterocycles. The minimum absolute atomic E-state index is 0.315. The van der Waals surface area contributed by atoms with Gasteiger partial charge in [0.2, 0.25) is 0 Å². The molecule has 1 atom stereocenters. The van der Waals surface area contributed by atoms with Crippen LogP contribution in [-0.2, 0) is 10.8 Å². The van der Waals surface area contributed by atoms with Gasteiger partial charge in [0.15, 0.2) is 0 Å². The molecule has 10 aromatic carbocycles. The molecule has 0 bridgehead atoms. The maximum absolute atomic E-state index is 2.53. The van der Waals surface area contributed by atoms with Crippen LogP contribution in [0, 0.1) is 0 Å². The fourth-order valence-corrected chi connectivity index (χ4v) is 12.3. The Morgan fingerprint density at radius 3 is 1.64 bits per heavy atom. The summed E-state index contributed by atoms with van der Waals surface area (Å²) in [7, 11) is 0. The Morgan fingerprint density at radius 1 is 0.328 bits per heavy atom. The van der Waals surface area contributed by atoms with Crippen LogP contribution in [0.1, 0.15) is 47.2 Å². The normalized spacial score (nSPS) is 15.5. The maximum Gasteiger partial charge on any atom is 0.0748 e. The summed E-state index contributed by atoms with van der Waals surface area (Å²) in [6.07, 6.45) is 0. The van der Waals surface area contributed by atoms with Crippen molar-refractivity contribution < 1.29 is 0 Å². The van der Waals surface area contributed by atoms with Crippen molar-refractivity contribution >= 4 is 60.7 Å². The lowest BCUT2D eigenvalue weighted by molar-refractivity contribution is 0.556. The zero-order valence-electron chi connectivity index (χ0n) is 37.4. The van der Waals surface area contributed by atoms with Crippen molar-refractivity contribution in [2.75, 3.05) is 4.90 Å². The quantitative estimate of drug-likeness (QED) is 0.168. The van der Waals surface area contributed by atoms with E-state index in [-0.39, 0.29) is 5.41 Å². The summed E-state index contributed by atoms with van der Waals surface area (Å²) in [5, 5.41) is 5.04. The van der Waals surface area contributed by atoms with Crippen LogP contribution < -0.4 is 4.90 Å². The van der Waals surface area contributed by atoms with Crippen LogP contribution >= 0.6 is 0 Å². The van der Waals surface area contributed by atoms with Gasteiger partial charge in [-0.3, -0.25) is 0 Å². The number of hydrogen-bond donors (Lipinski definition) is 0. The first-order valence-corrected chi connectivity index (χ1v) is 23.4. The SMILES string of the molecule is CC1(C)c2ccccc2C2(c3ccccc3-n3c4ccccc4c4cccc2c43)c2ccc(N(c3ccccc3)c3ccc4c5ccccc5n(-c5ccc(-c6ccccc6)cc5)c4c3)cc21. The van der Waals surface area contributed by atoms with E-state index in [9.17, 15) is 0 Å². The Hall–Kier alpha value is -8.40. The minimum Gasteiger partial charge on any atom is -0.310 e. The molecule has 0 radical (unpaired) electrons. The Balaban J connectivity index is 1.01. The first kappa shape index (κ1) is 37.9. The van der Waals surface area contributed by atoms with Gasteiger partial charge in [0.1, 0.15) is 0 Å². The standard InChI is InChI=1S/C64H45N3/c1-63(2)52-25-11-12-26-53(52)64(55-27-13-16-31-60(55)67-59-30-15-10-23-49(59)51-24-17-28-56(64)62(51)67)54-39-37-46(40-57(54)63)65(44-20-7-4-8-21-44)47-36-38-50-48-22-9-14-29-58(48)66(61(50)41-47)45-34-32-43(33-35-45)42-18-5-3-6-19-42/h3-41H,1-2H3. The first-order chi connectivity index (χ1) is 33.0. The van der Waals surface area contributed by atoms with E-state index < -0.39 is 5.41 Å². The highest BCUT2D eigenvalue weighted by atomic mass is 15.1. The maximum atomic E-state index is 2.53. The second-order valence-corrected chi connectivity index (χ2v) is 18.9. The van der Waals surface area contributed by atoms with E-state index in [1.54, 1.807) is 0 Å². The third-order valence-electron chi connectivity index (χ3n) is 15.2. The van der Waals surface area contributed by atoms with Crippen LogP contribution in [0.4, 0.5) is 17.1 Å². The van der Waals surface area contributed by atoms with Gasteiger partial charge in [0.05, 0.1) is 33.2 Å². The fraction of sp³-hybridized carbons (Fsp3) is 0.0625. The number of anilines is 3. The third kappa shape index (κ3) is 5.17. The number of aromatic nitrogens is 2. The van der Waals surface area contributed by atoms with Crippen molar-refractivity contribution in [2.24, 2.45) is 0 Å². The van der Waals surface area contributed by atoms with Gasteiger partial charge in [0, 0.05) is 49.7 Å². The monoisotopic (exact) mass is 855 g/mol. The van der Waals surface area contributed by atoms with E-state index in [0.717, 1.165) is 22.7 Å². The van der Waals surface area contributed by atoms with Crippen LogP contribution in [0.5, 0.6) is 0 Å². The van der Waals surface area contributed by atoms with Crippen molar-refractivity contribution in [3.63, 3.8) is 0 Å². The average molecular weight is 856 g/mol. The second-order valence-electron chi connectivity index (χ2n) is 18.9. The predicted molar refractivity (Wildman–Crippen MR) is 279 cm³/mol. The Labute approximate surface area is 390 Å². The highest BCUT2D eigenvalue weighted by Gasteiger charge is 2.52. The molecule has 14 rings (SSSR count). The minimum atomic E-state index is -0.562. The fourth-order valence-electron chi connectivity index (χ4n) is 12.3. The van der Waals surface area contributed by atoms with Crippen molar-refractivity contribution in [3.8, 4) is 22.5 Å². The number of para-hydroxylation sites is 5. The highest BCUT2D eigenvalue weighted by Crippen LogP contribution is 2.61. The molecule has 0 amide bonds. The Morgan fingerprint density at radius 2 is 0.866 bits per heavy atom. The molecule has 0 saturated carbocycles. The van der Waals surface area contributed by atoms with Gasteiger partial charge in [-0.05, 0) is 111 Å².